The Bertz CT molecular complexity index is 862. The van der Waals surface area contributed by atoms with E-state index in [1.54, 1.807) is 12.4 Å². The van der Waals surface area contributed by atoms with E-state index in [4.69, 9.17) is 4.52 Å². The number of aromatic amines is 1. The Kier molecular flexibility index (Phi) is 2.39. The van der Waals surface area contributed by atoms with Crippen LogP contribution in [0.25, 0.3) is 33.5 Å². The molecular weight excluding hydrogens is 250 g/mol. The molecule has 0 saturated carbocycles. The minimum atomic E-state index is 0.768. The largest absolute Gasteiger partial charge is 0.356 e. The molecule has 4 rings (SSSR count). The van der Waals surface area contributed by atoms with Crippen LogP contribution in [0, 0.1) is 0 Å². The third-order valence-electron chi connectivity index (χ3n) is 3.35. The van der Waals surface area contributed by atoms with E-state index in [-0.39, 0.29) is 0 Å². The van der Waals surface area contributed by atoms with Gasteiger partial charge in [0.15, 0.2) is 5.76 Å². The predicted octanol–water partition coefficient (Wildman–Crippen LogP) is 3.88. The first-order chi connectivity index (χ1) is 9.92. The van der Waals surface area contributed by atoms with Crippen LogP contribution in [-0.2, 0) is 0 Å². The van der Waals surface area contributed by atoms with E-state index in [1.807, 2.05) is 30.5 Å². The highest BCUT2D eigenvalue weighted by Crippen LogP contribution is 2.30. The molecule has 0 unspecified atom stereocenters. The molecule has 0 amide bonds. The molecule has 4 aromatic rings. The Balaban J connectivity index is 1.88. The molecule has 0 bridgehead atoms. The molecule has 1 aromatic carbocycles. The van der Waals surface area contributed by atoms with Gasteiger partial charge in [0.1, 0.15) is 5.65 Å². The Morgan fingerprint density at radius 3 is 2.80 bits per heavy atom. The lowest BCUT2D eigenvalue weighted by Crippen LogP contribution is -1.79. The summed E-state index contributed by atoms with van der Waals surface area (Å²) >= 11 is 0. The number of nitrogens with one attached hydrogen (secondary N) is 1. The summed E-state index contributed by atoms with van der Waals surface area (Å²) in [4.78, 5) is 7.51. The molecular formula is C16H11N3O. The Morgan fingerprint density at radius 1 is 0.950 bits per heavy atom. The summed E-state index contributed by atoms with van der Waals surface area (Å²) in [5.74, 6) is 0.768. The van der Waals surface area contributed by atoms with Crippen molar-refractivity contribution in [3.05, 3.63) is 61.1 Å². The van der Waals surface area contributed by atoms with Gasteiger partial charge in [0, 0.05) is 35.0 Å². The number of hydrogen-bond donors (Lipinski definition) is 1. The Morgan fingerprint density at radius 2 is 1.90 bits per heavy atom. The topological polar surface area (TPSA) is 54.7 Å². The van der Waals surface area contributed by atoms with Gasteiger partial charge in [-0.1, -0.05) is 23.4 Å². The lowest BCUT2D eigenvalue weighted by atomic mass is 10.0. The average Bonchev–Trinajstić information content (AvgIpc) is 3.17. The molecule has 0 fully saturated rings. The smallest absolute Gasteiger partial charge is 0.166 e. The minimum absolute atomic E-state index is 0.768. The monoisotopic (exact) mass is 261 g/mol. The van der Waals surface area contributed by atoms with Crippen LogP contribution in [0.3, 0.4) is 0 Å². The van der Waals surface area contributed by atoms with Gasteiger partial charge in [-0.3, -0.25) is 0 Å². The number of pyridine rings is 1. The second-order valence-electron chi connectivity index (χ2n) is 4.56. The molecule has 0 atom stereocenters. The van der Waals surface area contributed by atoms with E-state index in [9.17, 15) is 0 Å². The van der Waals surface area contributed by atoms with Gasteiger partial charge in [-0.15, -0.1) is 0 Å². The molecule has 4 heteroatoms. The molecule has 0 aliphatic rings. The summed E-state index contributed by atoms with van der Waals surface area (Å²) in [6, 6.07) is 14.1. The van der Waals surface area contributed by atoms with E-state index < -0.39 is 0 Å². The van der Waals surface area contributed by atoms with Crippen LogP contribution < -0.4 is 0 Å². The molecule has 4 nitrogen and oxygen atoms in total. The Labute approximate surface area is 115 Å². The molecule has 3 heterocycles. The fourth-order valence-electron chi connectivity index (χ4n) is 2.40. The van der Waals surface area contributed by atoms with Gasteiger partial charge in [0.2, 0.25) is 0 Å². The molecule has 0 aliphatic carbocycles. The van der Waals surface area contributed by atoms with Crippen LogP contribution in [0.5, 0.6) is 0 Å². The van der Waals surface area contributed by atoms with E-state index in [2.05, 4.69) is 33.3 Å². The normalized spacial score (nSPS) is 11.0. The van der Waals surface area contributed by atoms with Crippen LogP contribution in [0.15, 0.2) is 65.6 Å². The first-order valence-electron chi connectivity index (χ1n) is 6.35. The van der Waals surface area contributed by atoms with Crippen molar-refractivity contribution < 1.29 is 4.52 Å². The van der Waals surface area contributed by atoms with Gasteiger partial charge >= 0.3 is 0 Å². The van der Waals surface area contributed by atoms with Gasteiger partial charge in [0.25, 0.3) is 0 Å². The standard InChI is InChI=1S/C16H11N3O/c1-3-11(9-12(4-1)15-6-8-19-20-15)14-10-18-16-13(14)5-2-7-17-16/h1-10H,(H,17,18). The van der Waals surface area contributed by atoms with Crippen molar-refractivity contribution >= 4 is 11.0 Å². The maximum Gasteiger partial charge on any atom is 0.166 e. The number of H-pyrrole nitrogens is 1. The maximum atomic E-state index is 5.21. The molecule has 3 aromatic heterocycles. The van der Waals surface area contributed by atoms with Crippen molar-refractivity contribution in [1.29, 1.82) is 0 Å². The van der Waals surface area contributed by atoms with Crippen LogP contribution >= 0.6 is 0 Å². The number of benzene rings is 1. The summed E-state index contributed by atoms with van der Waals surface area (Å²) < 4.78 is 5.21. The fourth-order valence-corrected chi connectivity index (χ4v) is 2.40. The van der Waals surface area contributed by atoms with E-state index in [0.29, 0.717) is 0 Å². The molecule has 1 N–H and O–H groups in total. The number of aromatic nitrogens is 3. The summed E-state index contributed by atoms with van der Waals surface area (Å²) in [5.41, 5.74) is 4.17. The third kappa shape index (κ3) is 1.70. The van der Waals surface area contributed by atoms with E-state index in [0.717, 1.165) is 33.5 Å². The highest BCUT2D eigenvalue weighted by molar-refractivity contribution is 5.94. The molecule has 0 spiro atoms. The zero-order chi connectivity index (χ0) is 13.4. The lowest BCUT2D eigenvalue weighted by Gasteiger charge is -2.02. The van der Waals surface area contributed by atoms with Gasteiger partial charge < -0.3 is 9.51 Å². The van der Waals surface area contributed by atoms with Gasteiger partial charge in [-0.2, -0.15) is 0 Å². The zero-order valence-corrected chi connectivity index (χ0v) is 10.6. The number of hydrogen-bond acceptors (Lipinski definition) is 3. The number of nitrogens with zero attached hydrogens (tertiary/aromatic N) is 2. The molecule has 0 radical (unpaired) electrons. The third-order valence-corrected chi connectivity index (χ3v) is 3.35. The molecule has 96 valence electrons. The Hall–Kier alpha value is -2.88. The molecule has 0 aliphatic heterocycles. The summed E-state index contributed by atoms with van der Waals surface area (Å²) in [6.45, 7) is 0. The summed E-state index contributed by atoms with van der Waals surface area (Å²) in [5, 5.41) is 4.86. The number of fused-ring (bicyclic) bond motifs is 1. The second-order valence-corrected chi connectivity index (χ2v) is 4.56. The number of rotatable bonds is 2. The van der Waals surface area contributed by atoms with Crippen LogP contribution in [0.2, 0.25) is 0 Å². The summed E-state index contributed by atoms with van der Waals surface area (Å²) in [7, 11) is 0. The van der Waals surface area contributed by atoms with Crippen molar-refractivity contribution in [3.63, 3.8) is 0 Å². The van der Waals surface area contributed by atoms with Crippen molar-refractivity contribution in [1.82, 2.24) is 15.1 Å². The minimum Gasteiger partial charge on any atom is -0.356 e. The maximum absolute atomic E-state index is 5.21. The second kappa shape index (κ2) is 4.35. The van der Waals surface area contributed by atoms with Crippen LogP contribution in [-0.4, -0.2) is 15.1 Å². The van der Waals surface area contributed by atoms with Gasteiger partial charge in [-0.05, 0) is 23.8 Å². The molecule has 20 heavy (non-hydrogen) atoms. The van der Waals surface area contributed by atoms with Crippen molar-refractivity contribution in [2.45, 2.75) is 0 Å². The average molecular weight is 261 g/mol. The lowest BCUT2D eigenvalue weighted by molar-refractivity contribution is 0.432. The van der Waals surface area contributed by atoms with E-state index >= 15 is 0 Å². The fraction of sp³-hybridized carbons (Fsp3) is 0. The summed E-state index contributed by atoms with van der Waals surface area (Å²) in [6.07, 6.45) is 5.42. The van der Waals surface area contributed by atoms with Crippen molar-refractivity contribution in [2.75, 3.05) is 0 Å². The quantitative estimate of drug-likeness (QED) is 0.595. The van der Waals surface area contributed by atoms with Gasteiger partial charge in [-0.25, -0.2) is 4.98 Å². The van der Waals surface area contributed by atoms with Gasteiger partial charge in [0.05, 0.1) is 6.20 Å². The SMILES string of the molecule is c1cc(-c2ccno2)cc(-c2c[nH]c3ncccc23)c1. The highest BCUT2D eigenvalue weighted by Gasteiger charge is 2.08. The highest BCUT2D eigenvalue weighted by atomic mass is 16.5. The van der Waals surface area contributed by atoms with Crippen molar-refractivity contribution in [2.24, 2.45) is 0 Å². The van der Waals surface area contributed by atoms with Crippen LogP contribution in [0.1, 0.15) is 0 Å². The first-order valence-corrected chi connectivity index (χ1v) is 6.35. The molecule has 0 saturated heterocycles. The first kappa shape index (κ1) is 11.0. The van der Waals surface area contributed by atoms with E-state index in [1.165, 1.54) is 0 Å². The zero-order valence-electron chi connectivity index (χ0n) is 10.6. The van der Waals surface area contributed by atoms with Crippen LogP contribution in [0.4, 0.5) is 0 Å². The van der Waals surface area contributed by atoms with Crippen molar-refractivity contribution in [3.8, 4) is 22.5 Å². The predicted molar refractivity (Wildman–Crippen MR) is 77.0 cm³/mol.